The molecule has 0 radical (unpaired) electrons. The Kier molecular flexibility index (Phi) is 6.19. The molecule has 27 heavy (non-hydrogen) atoms. The fourth-order valence-electron chi connectivity index (χ4n) is 2.97. The average molecular weight is 369 g/mol. The Morgan fingerprint density at radius 1 is 1.22 bits per heavy atom. The molecule has 3 rings (SSSR count). The van der Waals surface area contributed by atoms with Crippen molar-refractivity contribution in [3.8, 4) is 5.75 Å². The van der Waals surface area contributed by atoms with Crippen molar-refractivity contribution in [3.63, 3.8) is 0 Å². The van der Waals surface area contributed by atoms with E-state index in [-0.39, 0.29) is 24.2 Å². The lowest BCUT2D eigenvalue weighted by Crippen LogP contribution is -2.35. The van der Waals surface area contributed by atoms with E-state index in [0.717, 1.165) is 0 Å². The lowest BCUT2D eigenvalue weighted by atomic mass is 10.1. The van der Waals surface area contributed by atoms with Gasteiger partial charge in [-0.15, -0.1) is 0 Å². The van der Waals surface area contributed by atoms with Crippen LogP contribution in [0.5, 0.6) is 5.75 Å². The predicted octanol–water partition coefficient (Wildman–Crippen LogP) is 1.46. The molecule has 0 bridgehead atoms. The van der Waals surface area contributed by atoms with Gasteiger partial charge in [0.1, 0.15) is 5.75 Å². The maximum atomic E-state index is 12.4. The first-order valence-corrected chi connectivity index (χ1v) is 9.00. The van der Waals surface area contributed by atoms with Crippen molar-refractivity contribution in [2.24, 2.45) is 5.92 Å². The third-order valence-corrected chi connectivity index (χ3v) is 4.22. The minimum absolute atomic E-state index is 0.0712. The molecule has 2 amide bonds. The number of amides is 2. The Bertz CT molecular complexity index is 784. The third-order valence-electron chi connectivity index (χ3n) is 4.22. The van der Waals surface area contributed by atoms with Gasteiger partial charge in [0.25, 0.3) is 0 Å². The molecule has 2 N–H and O–H groups in total. The summed E-state index contributed by atoms with van der Waals surface area (Å²) in [7, 11) is 0. The van der Waals surface area contributed by atoms with E-state index >= 15 is 0 Å². The molecule has 1 fully saturated rings. The van der Waals surface area contributed by atoms with Crippen LogP contribution < -0.4 is 20.3 Å². The van der Waals surface area contributed by atoms with Gasteiger partial charge in [-0.05, 0) is 25.1 Å². The van der Waals surface area contributed by atoms with Gasteiger partial charge >= 0.3 is 0 Å². The zero-order chi connectivity index (χ0) is 19.1. The predicted molar refractivity (Wildman–Crippen MR) is 102 cm³/mol. The van der Waals surface area contributed by atoms with Gasteiger partial charge in [-0.25, -0.2) is 9.97 Å². The Balaban J connectivity index is 1.52. The number of carbonyl (C=O) groups is 2. The van der Waals surface area contributed by atoms with Gasteiger partial charge in [-0.3, -0.25) is 9.59 Å². The molecule has 0 aliphatic carbocycles. The summed E-state index contributed by atoms with van der Waals surface area (Å²) in [6, 6.07) is 9.13. The number of para-hydroxylation sites is 2. The first-order chi connectivity index (χ1) is 13.2. The van der Waals surface area contributed by atoms with Crippen molar-refractivity contribution >= 4 is 23.5 Å². The second-order valence-corrected chi connectivity index (χ2v) is 6.10. The van der Waals surface area contributed by atoms with Crippen molar-refractivity contribution in [3.05, 3.63) is 42.7 Å². The van der Waals surface area contributed by atoms with E-state index in [4.69, 9.17) is 4.74 Å². The average Bonchev–Trinajstić information content (AvgIpc) is 3.08. The van der Waals surface area contributed by atoms with Crippen molar-refractivity contribution < 1.29 is 14.3 Å². The Labute approximate surface area is 158 Å². The van der Waals surface area contributed by atoms with Crippen molar-refractivity contribution in [2.45, 2.75) is 13.3 Å². The summed E-state index contributed by atoms with van der Waals surface area (Å²) in [5.41, 5.74) is 0.711. The maximum absolute atomic E-state index is 12.4. The zero-order valence-electron chi connectivity index (χ0n) is 15.2. The van der Waals surface area contributed by atoms with E-state index in [1.165, 1.54) is 0 Å². The number of nitrogens with zero attached hydrogens (tertiary/aromatic N) is 3. The van der Waals surface area contributed by atoms with Crippen LogP contribution in [-0.2, 0) is 9.59 Å². The molecule has 1 saturated heterocycles. The molecule has 2 aromatic rings. The van der Waals surface area contributed by atoms with E-state index < -0.39 is 0 Å². The molecule has 2 heterocycles. The third kappa shape index (κ3) is 4.72. The lowest BCUT2D eigenvalue weighted by Gasteiger charge is -2.20. The van der Waals surface area contributed by atoms with Crippen molar-refractivity contribution in [1.29, 1.82) is 0 Å². The molecule has 8 nitrogen and oxygen atoms in total. The Morgan fingerprint density at radius 3 is 2.78 bits per heavy atom. The fourth-order valence-corrected chi connectivity index (χ4v) is 2.97. The van der Waals surface area contributed by atoms with E-state index in [2.05, 4.69) is 20.6 Å². The van der Waals surface area contributed by atoms with E-state index in [1.807, 2.05) is 31.2 Å². The van der Waals surface area contributed by atoms with Gasteiger partial charge in [-0.2, -0.15) is 0 Å². The van der Waals surface area contributed by atoms with Crippen LogP contribution in [0.25, 0.3) is 0 Å². The number of anilines is 2. The first-order valence-electron chi connectivity index (χ1n) is 9.00. The number of nitrogens with one attached hydrogen (secondary N) is 2. The Morgan fingerprint density at radius 2 is 2.00 bits per heavy atom. The summed E-state index contributed by atoms with van der Waals surface area (Å²) < 4.78 is 5.60. The molecule has 8 heteroatoms. The molecule has 1 aliphatic rings. The van der Waals surface area contributed by atoms with Gasteiger partial charge in [0.2, 0.25) is 17.8 Å². The zero-order valence-corrected chi connectivity index (χ0v) is 15.2. The molecule has 1 aliphatic heterocycles. The highest BCUT2D eigenvalue weighted by Gasteiger charge is 2.36. The van der Waals surface area contributed by atoms with Crippen molar-refractivity contribution in [2.75, 3.05) is 36.5 Å². The van der Waals surface area contributed by atoms with Gasteiger partial charge in [0.05, 0.1) is 18.2 Å². The first kappa shape index (κ1) is 18.6. The topological polar surface area (TPSA) is 96.5 Å². The molecule has 0 saturated carbocycles. The number of hydrogen-bond acceptors (Lipinski definition) is 6. The van der Waals surface area contributed by atoms with E-state index in [1.54, 1.807) is 23.4 Å². The highest BCUT2D eigenvalue weighted by Crippen LogP contribution is 2.33. The molecular formula is C19H23N5O3. The summed E-state index contributed by atoms with van der Waals surface area (Å²) >= 11 is 0. The molecular weight excluding hydrogens is 346 g/mol. The minimum Gasteiger partial charge on any atom is -0.492 e. The van der Waals surface area contributed by atoms with Crippen LogP contribution in [0.15, 0.2) is 42.7 Å². The number of hydrogen-bond donors (Lipinski definition) is 2. The highest BCUT2D eigenvalue weighted by atomic mass is 16.5. The van der Waals surface area contributed by atoms with Crippen LogP contribution in [-0.4, -0.2) is 48.0 Å². The molecule has 1 atom stereocenters. The maximum Gasteiger partial charge on any atom is 0.227 e. The quantitative estimate of drug-likeness (QED) is 0.684. The normalized spacial score (nSPS) is 16.3. The lowest BCUT2D eigenvalue weighted by molar-refractivity contribution is -0.126. The van der Waals surface area contributed by atoms with Crippen molar-refractivity contribution in [1.82, 2.24) is 15.3 Å². The molecule has 1 unspecified atom stereocenters. The summed E-state index contributed by atoms with van der Waals surface area (Å²) in [6.45, 7) is 3.70. The van der Waals surface area contributed by atoms with Gasteiger partial charge < -0.3 is 20.3 Å². The largest absolute Gasteiger partial charge is 0.492 e. The minimum atomic E-state index is -0.375. The van der Waals surface area contributed by atoms with Crippen LogP contribution in [0.1, 0.15) is 13.3 Å². The van der Waals surface area contributed by atoms with Crippen LogP contribution >= 0.6 is 0 Å². The van der Waals surface area contributed by atoms with Crippen LogP contribution in [0.3, 0.4) is 0 Å². The number of ether oxygens (including phenoxy) is 1. The summed E-state index contributed by atoms with van der Waals surface area (Å²) in [6.07, 6.45) is 3.49. The van der Waals surface area contributed by atoms with Gasteiger partial charge in [0.15, 0.2) is 0 Å². The number of aromatic nitrogens is 2. The van der Waals surface area contributed by atoms with Gasteiger partial charge in [0, 0.05) is 38.4 Å². The molecule has 142 valence electrons. The monoisotopic (exact) mass is 369 g/mol. The van der Waals surface area contributed by atoms with Gasteiger partial charge in [-0.1, -0.05) is 12.1 Å². The molecule has 1 aromatic heterocycles. The van der Waals surface area contributed by atoms with Crippen LogP contribution in [0.4, 0.5) is 11.6 Å². The second-order valence-electron chi connectivity index (χ2n) is 6.10. The number of rotatable bonds is 8. The molecule has 0 spiro atoms. The second kappa shape index (κ2) is 8.98. The highest BCUT2D eigenvalue weighted by molar-refractivity contribution is 6.01. The summed E-state index contributed by atoms with van der Waals surface area (Å²) in [5, 5.41) is 5.88. The smallest absolute Gasteiger partial charge is 0.227 e. The van der Waals surface area contributed by atoms with Crippen LogP contribution in [0.2, 0.25) is 0 Å². The standard InChI is InChI=1S/C19H23N5O3/c1-2-27-16-7-4-3-6-15(16)24-13-14(12-17(24)25)18(26)20-10-11-23-19-21-8-5-9-22-19/h3-9,14H,2,10-13H2,1H3,(H,20,26)(H,21,22,23). The number of benzene rings is 1. The van der Waals surface area contributed by atoms with Crippen LogP contribution in [0, 0.1) is 5.92 Å². The SMILES string of the molecule is CCOc1ccccc1N1CC(C(=O)NCCNc2ncccn2)CC1=O. The number of carbonyl (C=O) groups excluding carboxylic acids is 2. The van der Waals surface area contributed by atoms with E-state index in [0.29, 0.717) is 43.6 Å². The summed E-state index contributed by atoms with van der Waals surface area (Å²) in [5.74, 6) is 0.594. The Hall–Kier alpha value is -3.16. The van der Waals surface area contributed by atoms with E-state index in [9.17, 15) is 9.59 Å². The summed E-state index contributed by atoms with van der Waals surface area (Å²) in [4.78, 5) is 34.6. The fraction of sp³-hybridized carbons (Fsp3) is 0.368. The molecule has 1 aromatic carbocycles.